The highest BCUT2D eigenvalue weighted by molar-refractivity contribution is 7.89. The lowest BCUT2D eigenvalue weighted by atomic mass is 10.2. The number of sulfonamides is 1. The Labute approximate surface area is 141 Å². The summed E-state index contributed by atoms with van der Waals surface area (Å²) in [5.41, 5.74) is 0.839. The van der Waals surface area contributed by atoms with Crippen LogP contribution in [0.15, 0.2) is 53.4 Å². The van der Waals surface area contributed by atoms with Crippen molar-refractivity contribution in [2.75, 3.05) is 0 Å². The first kappa shape index (κ1) is 18.1. The summed E-state index contributed by atoms with van der Waals surface area (Å²) in [4.78, 5) is 12.2. The quantitative estimate of drug-likeness (QED) is 0.840. The van der Waals surface area contributed by atoms with Crippen molar-refractivity contribution in [3.05, 3.63) is 65.5 Å². The summed E-state index contributed by atoms with van der Waals surface area (Å²) >= 11 is 0. The zero-order valence-electron chi connectivity index (χ0n) is 13.4. The van der Waals surface area contributed by atoms with Crippen molar-refractivity contribution in [3.8, 4) is 0 Å². The second kappa shape index (κ2) is 7.55. The third-order valence-corrected chi connectivity index (χ3v) is 4.80. The zero-order chi connectivity index (χ0) is 17.7. The molecule has 2 rings (SSSR count). The molecule has 1 amide bonds. The Morgan fingerprint density at radius 2 is 1.83 bits per heavy atom. The standard InChI is InChI=1S/C17H19FN2O3S/c1-12(2)20-24(22,23)16-8-4-6-14(10-16)17(21)19-11-13-5-3-7-15(18)9-13/h3-10,12,20H,11H2,1-2H3,(H,19,21). The molecule has 2 aromatic rings. The van der Waals surface area contributed by atoms with Crippen LogP contribution in [-0.2, 0) is 16.6 Å². The highest BCUT2D eigenvalue weighted by Gasteiger charge is 2.17. The van der Waals surface area contributed by atoms with Gasteiger partial charge in [0.25, 0.3) is 5.91 Å². The van der Waals surface area contributed by atoms with E-state index < -0.39 is 15.9 Å². The van der Waals surface area contributed by atoms with E-state index in [1.807, 2.05) is 0 Å². The van der Waals surface area contributed by atoms with Crippen LogP contribution in [0.4, 0.5) is 4.39 Å². The number of amides is 1. The van der Waals surface area contributed by atoms with Gasteiger partial charge in [0, 0.05) is 18.2 Å². The summed E-state index contributed by atoms with van der Waals surface area (Å²) < 4.78 is 39.9. The summed E-state index contributed by atoms with van der Waals surface area (Å²) in [7, 11) is -3.67. The largest absolute Gasteiger partial charge is 0.348 e. The molecule has 2 aromatic carbocycles. The van der Waals surface area contributed by atoms with Crippen molar-refractivity contribution in [2.45, 2.75) is 31.3 Å². The van der Waals surface area contributed by atoms with Gasteiger partial charge < -0.3 is 5.32 Å². The van der Waals surface area contributed by atoms with Crippen LogP contribution in [0.25, 0.3) is 0 Å². The van der Waals surface area contributed by atoms with Crippen LogP contribution in [0.2, 0.25) is 0 Å². The smallest absolute Gasteiger partial charge is 0.251 e. The average molecular weight is 350 g/mol. The molecule has 0 aliphatic rings. The van der Waals surface area contributed by atoms with Crippen molar-refractivity contribution in [3.63, 3.8) is 0 Å². The van der Waals surface area contributed by atoms with Gasteiger partial charge in [0.15, 0.2) is 0 Å². The summed E-state index contributed by atoms with van der Waals surface area (Å²) in [6, 6.07) is 11.4. The first-order chi connectivity index (χ1) is 11.3. The number of carbonyl (C=O) groups is 1. The van der Waals surface area contributed by atoms with Crippen LogP contribution < -0.4 is 10.0 Å². The molecule has 0 fully saturated rings. The van der Waals surface area contributed by atoms with Crippen LogP contribution in [0.5, 0.6) is 0 Å². The van der Waals surface area contributed by atoms with Gasteiger partial charge in [-0.05, 0) is 49.7 Å². The monoisotopic (exact) mass is 350 g/mol. The van der Waals surface area contributed by atoms with E-state index in [1.165, 1.54) is 36.4 Å². The highest BCUT2D eigenvalue weighted by atomic mass is 32.2. The van der Waals surface area contributed by atoms with Gasteiger partial charge in [0.2, 0.25) is 10.0 Å². The van der Waals surface area contributed by atoms with Crippen LogP contribution in [0.1, 0.15) is 29.8 Å². The Hall–Kier alpha value is -2.25. The summed E-state index contributed by atoms with van der Waals surface area (Å²) in [6.07, 6.45) is 0. The Morgan fingerprint density at radius 3 is 2.50 bits per heavy atom. The van der Waals surface area contributed by atoms with Crippen molar-refractivity contribution >= 4 is 15.9 Å². The second-order valence-corrected chi connectivity index (χ2v) is 7.33. The number of benzene rings is 2. The predicted octanol–water partition coefficient (Wildman–Crippen LogP) is 2.44. The van der Waals surface area contributed by atoms with Gasteiger partial charge in [-0.25, -0.2) is 17.5 Å². The molecule has 0 aliphatic carbocycles. The maximum absolute atomic E-state index is 13.1. The molecule has 0 aliphatic heterocycles. The van der Waals surface area contributed by atoms with Gasteiger partial charge in [0.1, 0.15) is 5.82 Å². The lowest BCUT2D eigenvalue weighted by Gasteiger charge is -2.11. The predicted molar refractivity (Wildman–Crippen MR) is 89.5 cm³/mol. The van der Waals surface area contributed by atoms with Gasteiger partial charge in [0.05, 0.1) is 4.90 Å². The van der Waals surface area contributed by atoms with Crippen LogP contribution >= 0.6 is 0 Å². The number of halogens is 1. The van der Waals surface area contributed by atoms with Crippen LogP contribution in [0.3, 0.4) is 0 Å². The molecule has 0 unspecified atom stereocenters. The molecule has 0 heterocycles. The number of nitrogens with one attached hydrogen (secondary N) is 2. The van der Waals surface area contributed by atoms with E-state index in [0.29, 0.717) is 5.56 Å². The Bertz CT molecular complexity index is 835. The maximum atomic E-state index is 13.1. The third-order valence-electron chi connectivity index (χ3n) is 3.14. The molecule has 0 atom stereocenters. The fourth-order valence-corrected chi connectivity index (χ4v) is 3.41. The SMILES string of the molecule is CC(C)NS(=O)(=O)c1cccc(C(=O)NCc2cccc(F)c2)c1. The second-order valence-electron chi connectivity index (χ2n) is 5.62. The maximum Gasteiger partial charge on any atom is 0.251 e. The number of hydrogen-bond acceptors (Lipinski definition) is 3. The molecule has 0 saturated carbocycles. The van der Waals surface area contributed by atoms with Gasteiger partial charge >= 0.3 is 0 Å². The minimum atomic E-state index is -3.67. The van der Waals surface area contributed by atoms with E-state index in [2.05, 4.69) is 10.0 Å². The van der Waals surface area contributed by atoms with Crippen molar-refractivity contribution in [1.29, 1.82) is 0 Å². The number of hydrogen-bond donors (Lipinski definition) is 2. The fourth-order valence-electron chi connectivity index (χ4n) is 2.11. The number of carbonyl (C=O) groups excluding carboxylic acids is 1. The summed E-state index contributed by atoms with van der Waals surface area (Å²) in [6.45, 7) is 3.58. The Morgan fingerprint density at radius 1 is 1.12 bits per heavy atom. The van der Waals surface area contributed by atoms with Crippen LogP contribution in [-0.4, -0.2) is 20.4 Å². The average Bonchev–Trinajstić information content (AvgIpc) is 2.51. The van der Waals surface area contributed by atoms with Gasteiger partial charge in [-0.2, -0.15) is 0 Å². The molecule has 2 N–H and O–H groups in total. The molecule has 5 nitrogen and oxygen atoms in total. The molecule has 7 heteroatoms. The van der Waals surface area contributed by atoms with E-state index in [9.17, 15) is 17.6 Å². The van der Waals surface area contributed by atoms with E-state index in [-0.39, 0.29) is 28.9 Å². The number of rotatable bonds is 6. The zero-order valence-corrected chi connectivity index (χ0v) is 14.2. The van der Waals surface area contributed by atoms with Gasteiger partial charge in [-0.1, -0.05) is 18.2 Å². The minimum Gasteiger partial charge on any atom is -0.348 e. The van der Waals surface area contributed by atoms with Gasteiger partial charge in [-0.15, -0.1) is 0 Å². The highest BCUT2D eigenvalue weighted by Crippen LogP contribution is 2.12. The first-order valence-corrected chi connectivity index (χ1v) is 8.91. The van der Waals surface area contributed by atoms with E-state index in [1.54, 1.807) is 26.0 Å². The lowest BCUT2D eigenvalue weighted by molar-refractivity contribution is 0.0950. The molecule has 0 radical (unpaired) electrons. The molecular formula is C17H19FN2O3S. The van der Waals surface area contributed by atoms with Crippen LogP contribution in [0, 0.1) is 5.82 Å². The van der Waals surface area contributed by atoms with E-state index in [0.717, 1.165) is 0 Å². The summed E-state index contributed by atoms with van der Waals surface area (Å²) in [5, 5.41) is 2.64. The third kappa shape index (κ3) is 4.87. The minimum absolute atomic E-state index is 0.0228. The molecule has 0 aromatic heterocycles. The van der Waals surface area contributed by atoms with Gasteiger partial charge in [-0.3, -0.25) is 4.79 Å². The molecule has 24 heavy (non-hydrogen) atoms. The van der Waals surface area contributed by atoms with E-state index >= 15 is 0 Å². The van der Waals surface area contributed by atoms with Crippen molar-refractivity contribution < 1.29 is 17.6 Å². The van der Waals surface area contributed by atoms with Crippen molar-refractivity contribution in [2.24, 2.45) is 0 Å². The molecule has 0 saturated heterocycles. The fraction of sp³-hybridized carbons (Fsp3) is 0.235. The lowest BCUT2D eigenvalue weighted by Crippen LogP contribution is -2.30. The van der Waals surface area contributed by atoms with Crippen molar-refractivity contribution in [1.82, 2.24) is 10.0 Å². The Balaban J connectivity index is 2.12. The first-order valence-electron chi connectivity index (χ1n) is 7.43. The molecule has 0 spiro atoms. The summed E-state index contributed by atoms with van der Waals surface area (Å²) in [5.74, 6) is -0.810. The Kier molecular flexibility index (Phi) is 5.69. The normalized spacial score (nSPS) is 11.5. The molecular weight excluding hydrogens is 331 g/mol. The molecule has 0 bridgehead atoms. The topological polar surface area (TPSA) is 75.3 Å². The molecule has 128 valence electrons. The van der Waals surface area contributed by atoms with E-state index in [4.69, 9.17) is 0 Å².